The number of carbonyl (C=O) groups is 1. The molecule has 1 aliphatic heterocycles. The highest BCUT2D eigenvalue weighted by Gasteiger charge is 2.29. The number of allylic oxidation sites excluding steroid dienone is 1. The molecule has 152 valence electrons. The third-order valence-corrected chi connectivity index (χ3v) is 7.11. The summed E-state index contributed by atoms with van der Waals surface area (Å²) in [4.78, 5) is 12.4. The van der Waals surface area contributed by atoms with Crippen molar-refractivity contribution in [2.24, 2.45) is 5.92 Å². The normalized spacial score (nSPS) is 19.5. The Labute approximate surface area is 168 Å². The Morgan fingerprint density at radius 1 is 1.14 bits per heavy atom. The second kappa shape index (κ2) is 10.0. The molecule has 1 amide bonds. The zero-order valence-electron chi connectivity index (χ0n) is 16.3. The minimum atomic E-state index is -3.45. The van der Waals surface area contributed by atoms with E-state index in [2.05, 4.69) is 11.4 Å². The number of rotatable bonds is 7. The first kappa shape index (κ1) is 20.8. The molecule has 6 heteroatoms. The number of nitrogens with zero attached hydrogens (tertiary/aromatic N) is 1. The summed E-state index contributed by atoms with van der Waals surface area (Å²) in [7, 11) is -3.45. The average molecular weight is 403 g/mol. The van der Waals surface area contributed by atoms with Crippen molar-refractivity contribution in [1.29, 1.82) is 0 Å². The first-order chi connectivity index (χ1) is 13.5. The first-order valence-electron chi connectivity index (χ1n) is 10.2. The van der Waals surface area contributed by atoms with Crippen LogP contribution in [0.25, 0.3) is 6.08 Å². The molecule has 0 atom stereocenters. The predicted molar refractivity (Wildman–Crippen MR) is 113 cm³/mol. The van der Waals surface area contributed by atoms with Crippen LogP contribution in [-0.2, 0) is 14.8 Å². The van der Waals surface area contributed by atoms with Crippen molar-refractivity contribution in [3.63, 3.8) is 0 Å². The fourth-order valence-electron chi connectivity index (χ4n) is 3.81. The van der Waals surface area contributed by atoms with Gasteiger partial charge < -0.3 is 5.32 Å². The van der Waals surface area contributed by atoms with Gasteiger partial charge in [-0.1, -0.05) is 42.0 Å². The summed E-state index contributed by atoms with van der Waals surface area (Å²) in [6.07, 6.45) is 10.9. The highest BCUT2D eigenvalue weighted by Crippen LogP contribution is 2.22. The number of hydrogen-bond donors (Lipinski definition) is 1. The van der Waals surface area contributed by atoms with Gasteiger partial charge in [-0.3, -0.25) is 4.79 Å². The molecule has 1 aromatic carbocycles. The standard InChI is InChI=1S/C22H30N2O3S/c25-22(23-15-11-19-7-3-1-4-8-19)21-12-16-24(17-13-21)28(26,27)18-14-20-9-5-2-6-10-20/h2,5-7,9-10,14,18,21H,1,3-4,8,11-13,15-17H2,(H,23,25)/b18-14+. The molecule has 1 fully saturated rings. The number of hydrogen-bond acceptors (Lipinski definition) is 3. The molecular weight excluding hydrogens is 372 g/mol. The molecule has 0 aromatic heterocycles. The van der Waals surface area contributed by atoms with Crippen molar-refractivity contribution in [2.75, 3.05) is 19.6 Å². The van der Waals surface area contributed by atoms with E-state index in [1.165, 1.54) is 28.1 Å². The molecule has 1 N–H and O–H groups in total. The lowest BCUT2D eigenvalue weighted by molar-refractivity contribution is -0.126. The lowest BCUT2D eigenvalue weighted by atomic mass is 9.96. The topological polar surface area (TPSA) is 66.5 Å². The summed E-state index contributed by atoms with van der Waals surface area (Å²) in [5, 5.41) is 4.30. The molecule has 1 saturated heterocycles. The van der Waals surface area contributed by atoms with E-state index < -0.39 is 10.0 Å². The van der Waals surface area contributed by atoms with Crippen molar-refractivity contribution < 1.29 is 13.2 Å². The SMILES string of the molecule is O=C(NCCC1=CCCCC1)C1CCN(S(=O)(=O)/C=C/c2ccccc2)CC1. The van der Waals surface area contributed by atoms with Gasteiger partial charge in [0, 0.05) is 31.0 Å². The summed E-state index contributed by atoms with van der Waals surface area (Å²) >= 11 is 0. The van der Waals surface area contributed by atoms with E-state index in [0.29, 0.717) is 32.5 Å². The van der Waals surface area contributed by atoms with Gasteiger partial charge in [0.05, 0.1) is 0 Å². The second-order valence-electron chi connectivity index (χ2n) is 7.58. The van der Waals surface area contributed by atoms with Crippen molar-refractivity contribution in [2.45, 2.75) is 44.9 Å². The smallest absolute Gasteiger partial charge is 0.236 e. The number of piperidine rings is 1. The van der Waals surface area contributed by atoms with Gasteiger partial charge in [-0.15, -0.1) is 0 Å². The molecule has 1 heterocycles. The van der Waals surface area contributed by atoms with Gasteiger partial charge in [-0.05, 0) is 56.6 Å². The molecule has 0 bridgehead atoms. The van der Waals surface area contributed by atoms with Crippen LogP contribution >= 0.6 is 0 Å². The highest BCUT2D eigenvalue weighted by atomic mass is 32.2. The molecule has 28 heavy (non-hydrogen) atoms. The van der Waals surface area contributed by atoms with Crippen LogP contribution in [0.4, 0.5) is 0 Å². The minimum Gasteiger partial charge on any atom is -0.356 e. The summed E-state index contributed by atoms with van der Waals surface area (Å²) in [5.74, 6) is -0.0295. The quantitative estimate of drug-likeness (QED) is 0.707. The van der Waals surface area contributed by atoms with E-state index in [1.54, 1.807) is 6.08 Å². The van der Waals surface area contributed by atoms with Crippen molar-refractivity contribution in [3.8, 4) is 0 Å². The Balaban J connectivity index is 1.43. The maximum absolute atomic E-state index is 12.5. The van der Waals surface area contributed by atoms with Gasteiger partial charge in [0.25, 0.3) is 0 Å². The van der Waals surface area contributed by atoms with Crippen LogP contribution in [0.5, 0.6) is 0 Å². The minimum absolute atomic E-state index is 0.0632. The lowest BCUT2D eigenvalue weighted by Gasteiger charge is -2.29. The van der Waals surface area contributed by atoms with Crippen LogP contribution in [0.1, 0.15) is 50.5 Å². The van der Waals surface area contributed by atoms with E-state index >= 15 is 0 Å². The highest BCUT2D eigenvalue weighted by molar-refractivity contribution is 7.92. The number of carbonyl (C=O) groups excluding carboxylic acids is 1. The zero-order valence-corrected chi connectivity index (χ0v) is 17.2. The maximum Gasteiger partial charge on any atom is 0.236 e. The molecule has 1 aliphatic carbocycles. The molecular formula is C22H30N2O3S. The van der Waals surface area contributed by atoms with E-state index in [9.17, 15) is 13.2 Å². The Kier molecular flexibility index (Phi) is 7.45. The molecule has 3 rings (SSSR count). The number of sulfonamides is 1. The zero-order chi connectivity index (χ0) is 19.8. The van der Waals surface area contributed by atoms with Crippen molar-refractivity contribution in [3.05, 3.63) is 53.0 Å². The molecule has 1 aromatic rings. The summed E-state index contributed by atoms with van der Waals surface area (Å²) < 4.78 is 26.5. The Bertz CT molecular complexity index is 807. The third kappa shape index (κ3) is 6.04. The largest absolute Gasteiger partial charge is 0.356 e. The van der Waals surface area contributed by atoms with Crippen LogP contribution in [0.3, 0.4) is 0 Å². The molecule has 0 spiro atoms. The predicted octanol–water partition coefficient (Wildman–Crippen LogP) is 3.71. The van der Waals surface area contributed by atoms with Crippen LogP contribution in [-0.4, -0.2) is 38.3 Å². The Morgan fingerprint density at radius 2 is 1.89 bits per heavy atom. The van der Waals surface area contributed by atoms with Crippen LogP contribution in [0.2, 0.25) is 0 Å². The van der Waals surface area contributed by atoms with Gasteiger partial charge in [0.2, 0.25) is 15.9 Å². The average Bonchev–Trinajstić information content (AvgIpc) is 2.74. The summed E-state index contributed by atoms with van der Waals surface area (Å²) in [5.41, 5.74) is 2.31. The Hall–Kier alpha value is -1.92. The summed E-state index contributed by atoms with van der Waals surface area (Å²) in [6, 6.07) is 9.38. The maximum atomic E-state index is 12.5. The monoisotopic (exact) mass is 402 g/mol. The van der Waals surface area contributed by atoms with Gasteiger partial charge >= 0.3 is 0 Å². The number of benzene rings is 1. The van der Waals surface area contributed by atoms with Crippen LogP contribution < -0.4 is 5.32 Å². The van der Waals surface area contributed by atoms with Gasteiger partial charge in [-0.2, -0.15) is 4.31 Å². The Morgan fingerprint density at radius 3 is 2.57 bits per heavy atom. The second-order valence-corrected chi connectivity index (χ2v) is 9.40. The third-order valence-electron chi connectivity index (χ3n) is 5.55. The molecule has 5 nitrogen and oxygen atoms in total. The summed E-state index contributed by atoms with van der Waals surface area (Å²) in [6.45, 7) is 1.47. The van der Waals surface area contributed by atoms with E-state index in [-0.39, 0.29) is 11.8 Å². The fraction of sp³-hybridized carbons (Fsp3) is 0.500. The van der Waals surface area contributed by atoms with Gasteiger partial charge in [-0.25, -0.2) is 8.42 Å². The molecule has 0 radical (unpaired) electrons. The van der Waals surface area contributed by atoms with Crippen molar-refractivity contribution in [1.82, 2.24) is 9.62 Å². The van der Waals surface area contributed by atoms with E-state index in [4.69, 9.17) is 0 Å². The van der Waals surface area contributed by atoms with Gasteiger partial charge in [0.15, 0.2) is 0 Å². The lowest BCUT2D eigenvalue weighted by Crippen LogP contribution is -2.42. The fourth-order valence-corrected chi connectivity index (χ4v) is 5.03. The van der Waals surface area contributed by atoms with E-state index in [0.717, 1.165) is 24.8 Å². The van der Waals surface area contributed by atoms with E-state index in [1.807, 2.05) is 30.3 Å². The van der Waals surface area contributed by atoms with Gasteiger partial charge in [0.1, 0.15) is 0 Å². The van der Waals surface area contributed by atoms with Crippen LogP contribution in [0, 0.1) is 5.92 Å². The molecule has 2 aliphatic rings. The number of nitrogens with one attached hydrogen (secondary N) is 1. The molecule has 0 saturated carbocycles. The molecule has 0 unspecified atom stereocenters. The van der Waals surface area contributed by atoms with Crippen molar-refractivity contribution >= 4 is 22.0 Å². The number of amides is 1. The first-order valence-corrected chi connectivity index (χ1v) is 11.7. The van der Waals surface area contributed by atoms with Crippen LogP contribution in [0.15, 0.2) is 47.4 Å².